The Morgan fingerprint density at radius 3 is 2.47 bits per heavy atom. The average Bonchev–Trinajstić information content (AvgIpc) is 2.14. The van der Waals surface area contributed by atoms with Crippen LogP contribution < -0.4 is 5.73 Å². The molecular weight excluding hydrogens is 209 g/mol. The van der Waals surface area contributed by atoms with Gasteiger partial charge in [0.1, 0.15) is 5.69 Å². The van der Waals surface area contributed by atoms with Crippen molar-refractivity contribution in [3.05, 3.63) is 29.6 Å². The first-order chi connectivity index (χ1) is 6.89. The molecule has 1 aromatic heterocycles. The SMILES string of the molecule is NC(=O)C#Cc1ccc(C(F)(F)F)cn1. The smallest absolute Gasteiger partial charge is 0.359 e. The van der Waals surface area contributed by atoms with Crippen LogP contribution in [0.25, 0.3) is 0 Å². The Morgan fingerprint density at radius 2 is 2.07 bits per heavy atom. The van der Waals surface area contributed by atoms with Crippen molar-refractivity contribution in [1.29, 1.82) is 0 Å². The zero-order chi connectivity index (χ0) is 11.5. The predicted molar refractivity (Wildman–Crippen MR) is 45.3 cm³/mol. The van der Waals surface area contributed by atoms with Crippen LogP contribution >= 0.6 is 0 Å². The lowest BCUT2D eigenvalue weighted by Gasteiger charge is -2.04. The lowest BCUT2D eigenvalue weighted by Crippen LogP contribution is -2.07. The van der Waals surface area contributed by atoms with Crippen molar-refractivity contribution in [1.82, 2.24) is 4.98 Å². The van der Waals surface area contributed by atoms with Crippen LogP contribution in [0.4, 0.5) is 13.2 Å². The molecule has 0 saturated heterocycles. The molecule has 78 valence electrons. The van der Waals surface area contributed by atoms with E-state index in [2.05, 4.69) is 10.9 Å². The second-order valence-corrected chi connectivity index (χ2v) is 2.54. The third-order valence-corrected chi connectivity index (χ3v) is 1.40. The number of amides is 1. The van der Waals surface area contributed by atoms with E-state index in [4.69, 9.17) is 5.73 Å². The van der Waals surface area contributed by atoms with Crippen molar-refractivity contribution >= 4 is 5.91 Å². The van der Waals surface area contributed by atoms with Crippen molar-refractivity contribution < 1.29 is 18.0 Å². The predicted octanol–water partition coefficient (Wildman–Crippen LogP) is 0.937. The molecule has 0 radical (unpaired) electrons. The number of pyridine rings is 1. The van der Waals surface area contributed by atoms with E-state index in [1.165, 1.54) is 0 Å². The van der Waals surface area contributed by atoms with Crippen LogP contribution in [0, 0.1) is 11.8 Å². The Morgan fingerprint density at radius 1 is 1.40 bits per heavy atom. The molecule has 0 bridgehead atoms. The Labute approximate surface area is 83.1 Å². The maximum absolute atomic E-state index is 12.1. The van der Waals surface area contributed by atoms with Crippen LogP contribution in [-0.4, -0.2) is 10.9 Å². The molecule has 0 saturated carbocycles. The number of alkyl halides is 3. The summed E-state index contributed by atoms with van der Waals surface area (Å²) in [6.45, 7) is 0. The molecule has 1 amide bonds. The molecule has 0 aliphatic carbocycles. The minimum Gasteiger partial charge on any atom is -0.359 e. The number of nitrogens with zero attached hydrogens (tertiary/aromatic N) is 1. The molecule has 0 aliphatic rings. The molecule has 1 aromatic rings. The fraction of sp³-hybridized carbons (Fsp3) is 0.111. The number of rotatable bonds is 0. The van der Waals surface area contributed by atoms with Gasteiger partial charge < -0.3 is 5.73 Å². The molecule has 1 rings (SSSR count). The van der Waals surface area contributed by atoms with Gasteiger partial charge >= 0.3 is 6.18 Å². The van der Waals surface area contributed by atoms with Crippen molar-refractivity contribution in [2.24, 2.45) is 5.73 Å². The van der Waals surface area contributed by atoms with Crippen LogP contribution in [0.2, 0.25) is 0 Å². The Kier molecular flexibility index (Phi) is 2.95. The number of carbonyl (C=O) groups excluding carboxylic acids is 1. The zero-order valence-electron chi connectivity index (χ0n) is 7.30. The van der Waals surface area contributed by atoms with Gasteiger partial charge in [-0.1, -0.05) is 0 Å². The van der Waals surface area contributed by atoms with E-state index in [1.807, 2.05) is 5.92 Å². The van der Waals surface area contributed by atoms with Gasteiger partial charge in [-0.15, -0.1) is 0 Å². The summed E-state index contributed by atoms with van der Waals surface area (Å²) >= 11 is 0. The Bertz CT molecular complexity index is 425. The van der Waals surface area contributed by atoms with E-state index in [-0.39, 0.29) is 5.69 Å². The van der Waals surface area contributed by atoms with Gasteiger partial charge in [0.15, 0.2) is 0 Å². The first kappa shape index (κ1) is 11.0. The summed E-state index contributed by atoms with van der Waals surface area (Å²) in [7, 11) is 0. The van der Waals surface area contributed by atoms with Crippen LogP contribution in [0.1, 0.15) is 11.3 Å². The lowest BCUT2D eigenvalue weighted by molar-refractivity contribution is -0.137. The highest BCUT2D eigenvalue weighted by molar-refractivity contribution is 5.92. The molecule has 1 heterocycles. The van der Waals surface area contributed by atoms with Crippen LogP contribution in [-0.2, 0) is 11.0 Å². The molecule has 0 spiro atoms. The monoisotopic (exact) mass is 214 g/mol. The van der Waals surface area contributed by atoms with Crippen LogP contribution in [0.5, 0.6) is 0 Å². The van der Waals surface area contributed by atoms with Crippen LogP contribution in [0.15, 0.2) is 18.3 Å². The maximum atomic E-state index is 12.1. The first-order valence-corrected chi connectivity index (χ1v) is 3.74. The van der Waals surface area contributed by atoms with E-state index in [0.717, 1.165) is 12.1 Å². The number of carbonyl (C=O) groups is 1. The van der Waals surface area contributed by atoms with Crippen molar-refractivity contribution in [3.63, 3.8) is 0 Å². The molecule has 0 aromatic carbocycles. The van der Waals surface area contributed by atoms with Gasteiger partial charge in [-0.3, -0.25) is 4.79 Å². The van der Waals surface area contributed by atoms with Crippen LogP contribution in [0.3, 0.4) is 0 Å². The number of aromatic nitrogens is 1. The van der Waals surface area contributed by atoms with Crippen molar-refractivity contribution in [2.45, 2.75) is 6.18 Å². The highest BCUT2D eigenvalue weighted by Gasteiger charge is 2.30. The molecule has 6 heteroatoms. The van der Waals surface area contributed by atoms with Gasteiger partial charge in [0, 0.05) is 12.1 Å². The zero-order valence-corrected chi connectivity index (χ0v) is 7.30. The summed E-state index contributed by atoms with van der Waals surface area (Å²) < 4.78 is 36.3. The molecule has 15 heavy (non-hydrogen) atoms. The third-order valence-electron chi connectivity index (χ3n) is 1.40. The summed E-state index contributed by atoms with van der Waals surface area (Å²) in [6, 6.07) is 1.90. The summed E-state index contributed by atoms with van der Waals surface area (Å²) in [5.41, 5.74) is 3.91. The highest BCUT2D eigenvalue weighted by Crippen LogP contribution is 2.28. The van der Waals surface area contributed by atoms with E-state index in [9.17, 15) is 18.0 Å². The molecule has 0 atom stereocenters. The van der Waals surface area contributed by atoms with E-state index < -0.39 is 17.6 Å². The first-order valence-electron chi connectivity index (χ1n) is 3.74. The number of primary amides is 1. The Balaban J connectivity index is 2.93. The summed E-state index contributed by atoms with van der Waals surface area (Å²) in [5, 5.41) is 0. The summed E-state index contributed by atoms with van der Waals surface area (Å²) in [6.07, 6.45) is -3.78. The number of hydrogen-bond acceptors (Lipinski definition) is 2. The second-order valence-electron chi connectivity index (χ2n) is 2.54. The van der Waals surface area contributed by atoms with E-state index in [0.29, 0.717) is 6.20 Å². The van der Waals surface area contributed by atoms with Crippen molar-refractivity contribution in [2.75, 3.05) is 0 Å². The van der Waals surface area contributed by atoms with Gasteiger partial charge in [-0.2, -0.15) is 13.2 Å². The molecule has 0 fully saturated rings. The van der Waals surface area contributed by atoms with E-state index >= 15 is 0 Å². The molecular formula is C9H5F3N2O. The standard InChI is InChI=1S/C9H5F3N2O/c10-9(11,12)6-1-2-7(14-5-6)3-4-8(13)15/h1-2,5H,(H2,13,15). The third kappa shape index (κ3) is 3.31. The molecule has 2 N–H and O–H groups in total. The lowest BCUT2D eigenvalue weighted by atomic mass is 10.2. The minimum absolute atomic E-state index is 0.0572. The fourth-order valence-electron chi connectivity index (χ4n) is 0.761. The maximum Gasteiger partial charge on any atom is 0.417 e. The number of hydrogen-bond donors (Lipinski definition) is 1. The minimum atomic E-state index is -4.43. The Hall–Kier alpha value is -2.03. The van der Waals surface area contributed by atoms with Gasteiger partial charge in [-0.25, -0.2) is 4.98 Å². The highest BCUT2D eigenvalue weighted by atomic mass is 19.4. The topological polar surface area (TPSA) is 56.0 Å². The van der Waals surface area contributed by atoms with Gasteiger partial charge in [0.25, 0.3) is 5.91 Å². The molecule has 0 unspecified atom stereocenters. The number of halogens is 3. The van der Waals surface area contributed by atoms with Crippen molar-refractivity contribution in [3.8, 4) is 11.8 Å². The summed E-state index contributed by atoms with van der Waals surface area (Å²) in [5.74, 6) is 3.32. The molecule has 3 nitrogen and oxygen atoms in total. The molecule has 0 aliphatic heterocycles. The van der Waals surface area contributed by atoms with Gasteiger partial charge in [-0.05, 0) is 18.1 Å². The largest absolute Gasteiger partial charge is 0.417 e. The average molecular weight is 214 g/mol. The van der Waals surface area contributed by atoms with Gasteiger partial charge in [0.05, 0.1) is 5.56 Å². The van der Waals surface area contributed by atoms with Gasteiger partial charge in [0.2, 0.25) is 0 Å². The van der Waals surface area contributed by atoms with E-state index in [1.54, 1.807) is 0 Å². The summed E-state index contributed by atoms with van der Waals surface area (Å²) in [4.78, 5) is 13.7. The quantitative estimate of drug-likeness (QED) is 0.653. The fourth-order valence-corrected chi connectivity index (χ4v) is 0.761. The second kappa shape index (κ2) is 4.00. The number of nitrogens with two attached hydrogens (primary N) is 1. The normalized spacial score (nSPS) is 10.3.